The van der Waals surface area contributed by atoms with Crippen LogP contribution in [0.4, 0.5) is 11.5 Å². The van der Waals surface area contributed by atoms with E-state index in [1.165, 1.54) is 19.0 Å². The molecule has 1 N–H and O–H groups in total. The molecule has 1 heterocycles. The van der Waals surface area contributed by atoms with Crippen molar-refractivity contribution in [1.29, 1.82) is 0 Å². The Kier molecular flexibility index (Phi) is 4.63. The maximum atomic E-state index is 10.8. The zero-order valence-corrected chi connectivity index (χ0v) is 12.1. The predicted molar refractivity (Wildman–Crippen MR) is 78.8 cm³/mol. The Morgan fingerprint density at radius 2 is 2.37 bits per heavy atom. The first kappa shape index (κ1) is 14.1. The lowest BCUT2D eigenvalue weighted by Crippen LogP contribution is -2.26. The first-order chi connectivity index (χ1) is 9.11. The van der Waals surface area contributed by atoms with Gasteiger partial charge >= 0.3 is 0 Å². The lowest BCUT2D eigenvalue weighted by Gasteiger charge is -2.20. The number of aromatic nitrogens is 1. The van der Waals surface area contributed by atoms with Gasteiger partial charge in [0.25, 0.3) is 5.69 Å². The van der Waals surface area contributed by atoms with Crippen LogP contribution < -0.4 is 5.32 Å². The number of thioether (sulfide) groups is 1. The largest absolute Gasteiger partial charge is 0.366 e. The summed E-state index contributed by atoms with van der Waals surface area (Å²) < 4.78 is 0. The number of nitro groups is 1. The lowest BCUT2D eigenvalue weighted by atomic mass is 10.2. The minimum absolute atomic E-state index is 0.0801. The molecular weight excluding hydrogens is 262 g/mol. The average Bonchev–Trinajstić information content (AvgIpc) is 2.77. The Labute approximate surface area is 117 Å². The molecule has 0 amide bonds. The summed E-state index contributed by atoms with van der Waals surface area (Å²) in [6.07, 6.45) is 4.97. The van der Waals surface area contributed by atoms with Gasteiger partial charge in [-0.25, -0.2) is 4.98 Å². The summed E-state index contributed by atoms with van der Waals surface area (Å²) in [6.45, 7) is 3.92. The fourth-order valence-corrected chi connectivity index (χ4v) is 3.71. The summed E-state index contributed by atoms with van der Waals surface area (Å²) in [4.78, 5) is 14.5. The van der Waals surface area contributed by atoms with Crippen LogP contribution in [0.25, 0.3) is 0 Å². The molecule has 0 saturated heterocycles. The summed E-state index contributed by atoms with van der Waals surface area (Å²) in [5.41, 5.74) is 0.733. The molecule has 2 atom stereocenters. The van der Waals surface area contributed by atoms with Crippen molar-refractivity contribution in [3.05, 3.63) is 27.9 Å². The molecule has 1 aliphatic carbocycles. The molecule has 6 heteroatoms. The fourth-order valence-electron chi connectivity index (χ4n) is 2.51. The van der Waals surface area contributed by atoms with Crippen LogP contribution in [-0.2, 0) is 0 Å². The SMILES string of the molecule is CCSC1CCCC1Nc1cc(C)c([N+](=O)[O-])cn1. The number of nitrogens with one attached hydrogen (secondary N) is 1. The number of aryl methyl sites for hydroxylation is 1. The molecule has 0 aliphatic heterocycles. The topological polar surface area (TPSA) is 68.1 Å². The predicted octanol–water partition coefficient (Wildman–Crippen LogP) is 3.38. The Hall–Kier alpha value is -1.30. The monoisotopic (exact) mass is 281 g/mol. The summed E-state index contributed by atoms with van der Waals surface area (Å²) in [7, 11) is 0. The second-order valence-corrected chi connectivity index (χ2v) is 6.30. The smallest absolute Gasteiger partial charge is 0.290 e. The van der Waals surface area contributed by atoms with Crippen molar-refractivity contribution in [2.75, 3.05) is 11.1 Å². The molecule has 0 aromatic carbocycles. The molecule has 104 valence electrons. The molecule has 0 bridgehead atoms. The van der Waals surface area contributed by atoms with E-state index in [0.717, 1.165) is 18.0 Å². The number of rotatable bonds is 5. The van der Waals surface area contributed by atoms with E-state index in [0.29, 0.717) is 16.9 Å². The molecular formula is C13H19N3O2S. The van der Waals surface area contributed by atoms with E-state index in [1.807, 2.05) is 11.8 Å². The number of nitrogens with zero attached hydrogens (tertiary/aromatic N) is 2. The maximum Gasteiger partial charge on any atom is 0.290 e. The minimum atomic E-state index is -0.391. The van der Waals surface area contributed by atoms with Crippen LogP contribution in [0.2, 0.25) is 0 Å². The van der Waals surface area contributed by atoms with Crippen molar-refractivity contribution in [2.24, 2.45) is 0 Å². The van der Waals surface area contributed by atoms with Gasteiger partial charge in [0, 0.05) is 16.9 Å². The molecule has 1 saturated carbocycles. The van der Waals surface area contributed by atoms with Gasteiger partial charge in [-0.1, -0.05) is 13.3 Å². The van der Waals surface area contributed by atoms with Gasteiger partial charge < -0.3 is 5.32 Å². The Balaban J connectivity index is 2.07. The molecule has 19 heavy (non-hydrogen) atoms. The van der Waals surface area contributed by atoms with Crippen molar-refractivity contribution in [3.8, 4) is 0 Å². The number of hydrogen-bond donors (Lipinski definition) is 1. The zero-order chi connectivity index (χ0) is 13.8. The van der Waals surface area contributed by atoms with Crippen LogP contribution in [0.3, 0.4) is 0 Å². The van der Waals surface area contributed by atoms with E-state index in [1.54, 1.807) is 13.0 Å². The van der Waals surface area contributed by atoms with Gasteiger partial charge in [0.15, 0.2) is 0 Å². The second kappa shape index (κ2) is 6.23. The van der Waals surface area contributed by atoms with Gasteiger partial charge in [0.1, 0.15) is 12.0 Å². The van der Waals surface area contributed by atoms with E-state index in [9.17, 15) is 10.1 Å². The van der Waals surface area contributed by atoms with E-state index < -0.39 is 4.92 Å². The quantitative estimate of drug-likeness (QED) is 0.662. The molecule has 5 nitrogen and oxygen atoms in total. The van der Waals surface area contributed by atoms with Gasteiger partial charge in [0.05, 0.1) is 4.92 Å². The Morgan fingerprint density at radius 3 is 3.00 bits per heavy atom. The van der Waals surface area contributed by atoms with E-state index >= 15 is 0 Å². The van der Waals surface area contributed by atoms with Gasteiger partial charge in [-0.3, -0.25) is 10.1 Å². The van der Waals surface area contributed by atoms with Crippen molar-refractivity contribution in [2.45, 2.75) is 44.4 Å². The summed E-state index contributed by atoms with van der Waals surface area (Å²) in [5, 5.41) is 14.8. The van der Waals surface area contributed by atoms with Crippen LogP contribution in [0.1, 0.15) is 31.7 Å². The molecule has 0 radical (unpaired) electrons. The van der Waals surface area contributed by atoms with Gasteiger partial charge in [0.2, 0.25) is 0 Å². The highest BCUT2D eigenvalue weighted by atomic mass is 32.2. The second-order valence-electron chi connectivity index (χ2n) is 4.79. The lowest BCUT2D eigenvalue weighted by molar-refractivity contribution is -0.385. The number of anilines is 1. The summed E-state index contributed by atoms with van der Waals surface area (Å²) in [6, 6.07) is 2.20. The number of hydrogen-bond acceptors (Lipinski definition) is 5. The van der Waals surface area contributed by atoms with Crippen LogP contribution >= 0.6 is 11.8 Å². The van der Waals surface area contributed by atoms with Crippen molar-refractivity contribution in [1.82, 2.24) is 4.98 Å². The normalized spacial score (nSPS) is 22.4. The van der Waals surface area contributed by atoms with Gasteiger partial charge in [-0.05, 0) is 31.6 Å². The van der Waals surface area contributed by atoms with Gasteiger partial charge in [-0.15, -0.1) is 0 Å². The van der Waals surface area contributed by atoms with Crippen LogP contribution in [0, 0.1) is 17.0 Å². The van der Waals surface area contributed by atoms with Crippen molar-refractivity contribution < 1.29 is 4.92 Å². The third-order valence-corrected chi connectivity index (χ3v) is 4.77. The summed E-state index contributed by atoms with van der Waals surface area (Å²) in [5.74, 6) is 1.87. The standard InChI is InChI=1S/C13H19N3O2S/c1-3-19-12-6-4-5-10(12)15-13-7-9(2)11(8-14-13)16(17)18/h7-8,10,12H,3-6H2,1-2H3,(H,14,15). The van der Waals surface area contributed by atoms with E-state index in [-0.39, 0.29) is 5.69 Å². The molecule has 1 aromatic heterocycles. The summed E-state index contributed by atoms with van der Waals surface area (Å²) >= 11 is 1.98. The van der Waals surface area contributed by atoms with Crippen molar-refractivity contribution in [3.63, 3.8) is 0 Å². The zero-order valence-electron chi connectivity index (χ0n) is 11.3. The van der Waals surface area contributed by atoms with Crippen molar-refractivity contribution >= 4 is 23.3 Å². The maximum absolute atomic E-state index is 10.8. The van der Waals surface area contributed by atoms with E-state index in [2.05, 4.69) is 17.2 Å². The highest BCUT2D eigenvalue weighted by Gasteiger charge is 2.27. The van der Waals surface area contributed by atoms with Crippen LogP contribution in [0.5, 0.6) is 0 Å². The number of pyridine rings is 1. The molecule has 1 fully saturated rings. The third kappa shape index (κ3) is 3.37. The molecule has 0 spiro atoms. The Morgan fingerprint density at radius 1 is 1.58 bits per heavy atom. The minimum Gasteiger partial charge on any atom is -0.366 e. The highest BCUT2D eigenvalue weighted by Crippen LogP contribution is 2.32. The molecule has 2 rings (SSSR count). The van der Waals surface area contributed by atoms with E-state index in [4.69, 9.17) is 0 Å². The van der Waals surface area contributed by atoms with Gasteiger partial charge in [-0.2, -0.15) is 11.8 Å². The first-order valence-corrected chi connectivity index (χ1v) is 7.66. The Bertz CT molecular complexity index is 467. The fraction of sp³-hybridized carbons (Fsp3) is 0.615. The molecule has 1 aliphatic rings. The average molecular weight is 281 g/mol. The third-order valence-electron chi connectivity index (χ3n) is 3.45. The van der Waals surface area contributed by atoms with Crippen LogP contribution in [0.15, 0.2) is 12.3 Å². The molecule has 1 aromatic rings. The van der Waals surface area contributed by atoms with Crippen LogP contribution in [-0.4, -0.2) is 27.0 Å². The highest BCUT2D eigenvalue weighted by molar-refractivity contribution is 7.99. The first-order valence-electron chi connectivity index (χ1n) is 6.61. The molecule has 2 unspecified atom stereocenters.